The molecule has 0 spiro atoms. The molecule has 2 aliphatic rings. The van der Waals surface area contributed by atoms with Crippen LogP contribution in [0.1, 0.15) is 33.6 Å². The molecular formula is C13H22N2O3. The second kappa shape index (κ2) is 4.88. The summed E-state index contributed by atoms with van der Waals surface area (Å²) in [6.07, 6.45) is 1.50. The lowest BCUT2D eigenvalue weighted by atomic mass is 9.94. The Labute approximate surface area is 108 Å². The SMILES string of the molecule is CC(C)CC1NC(=O)CN(C2(C)CCOC2)C1=O. The van der Waals surface area contributed by atoms with Gasteiger partial charge in [-0.15, -0.1) is 0 Å². The van der Waals surface area contributed by atoms with E-state index < -0.39 is 0 Å². The van der Waals surface area contributed by atoms with E-state index >= 15 is 0 Å². The lowest BCUT2D eigenvalue weighted by Crippen LogP contribution is -2.64. The summed E-state index contributed by atoms with van der Waals surface area (Å²) in [4.78, 5) is 25.9. The second-order valence-electron chi connectivity index (χ2n) is 5.97. The molecule has 102 valence electrons. The van der Waals surface area contributed by atoms with Crippen molar-refractivity contribution in [1.29, 1.82) is 0 Å². The van der Waals surface area contributed by atoms with Crippen LogP contribution in [0.5, 0.6) is 0 Å². The van der Waals surface area contributed by atoms with Crippen LogP contribution in [0.2, 0.25) is 0 Å². The van der Waals surface area contributed by atoms with Gasteiger partial charge in [0.15, 0.2) is 0 Å². The summed E-state index contributed by atoms with van der Waals surface area (Å²) >= 11 is 0. The summed E-state index contributed by atoms with van der Waals surface area (Å²) < 4.78 is 5.39. The first-order valence-electron chi connectivity index (χ1n) is 6.61. The molecule has 2 rings (SSSR count). The molecule has 1 N–H and O–H groups in total. The molecule has 2 atom stereocenters. The minimum Gasteiger partial charge on any atom is -0.379 e. The number of nitrogens with one attached hydrogen (secondary N) is 1. The molecule has 0 aromatic rings. The fraction of sp³-hybridized carbons (Fsp3) is 0.846. The molecule has 0 aromatic carbocycles. The summed E-state index contributed by atoms with van der Waals surface area (Å²) in [5.74, 6) is 0.358. The smallest absolute Gasteiger partial charge is 0.246 e. The van der Waals surface area contributed by atoms with Crippen LogP contribution < -0.4 is 5.32 Å². The average molecular weight is 254 g/mol. The van der Waals surface area contributed by atoms with Crippen molar-refractivity contribution in [3.8, 4) is 0 Å². The van der Waals surface area contributed by atoms with Crippen molar-refractivity contribution in [3.05, 3.63) is 0 Å². The average Bonchev–Trinajstić information content (AvgIpc) is 2.70. The van der Waals surface area contributed by atoms with Gasteiger partial charge in [-0.2, -0.15) is 0 Å². The normalized spacial score (nSPS) is 33.1. The molecule has 2 unspecified atom stereocenters. The van der Waals surface area contributed by atoms with E-state index in [9.17, 15) is 9.59 Å². The first kappa shape index (κ1) is 13.3. The van der Waals surface area contributed by atoms with Crippen LogP contribution in [0.15, 0.2) is 0 Å². The predicted molar refractivity (Wildman–Crippen MR) is 66.9 cm³/mol. The minimum absolute atomic E-state index is 0.0382. The summed E-state index contributed by atoms with van der Waals surface area (Å²) in [5.41, 5.74) is -0.315. The lowest BCUT2D eigenvalue weighted by Gasteiger charge is -2.42. The van der Waals surface area contributed by atoms with Crippen LogP contribution in [0.25, 0.3) is 0 Å². The maximum Gasteiger partial charge on any atom is 0.246 e. The molecule has 18 heavy (non-hydrogen) atoms. The van der Waals surface area contributed by atoms with Crippen LogP contribution in [-0.2, 0) is 14.3 Å². The first-order chi connectivity index (χ1) is 8.42. The van der Waals surface area contributed by atoms with Gasteiger partial charge in [-0.1, -0.05) is 13.8 Å². The van der Waals surface area contributed by atoms with Crippen molar-refractivity contribution in [2.75, 3.05) is 19.8 Å². The lowest BCUT2D eigenvalue weighted by molar-refractivity contribution is -0.150. The minimum atomic E-state index is -0.372. The van der Waals surface area contributed by atoms with E-state index in [4.69, 9.17) is 4.74 Å². The fourth-order valence-corrected chi connectivity index (χ4v) is 2.67. The molecule has 5 nitrogen and oxygen atoms in total. The summed E-state index contributed by atoms with van der Waals surface area (Å²) in [6.45, 7) is 7.46. The third kappa shape index (κ3) is 2.51. The Bertz CT molecular complexity index is 348. The Morgan fingerprint density at radius 1 is 1.50 bits per heavy atom. The maximum absolute atomic E-state index is 12.5. The van der Waals surface area contributed by atoms with Crippen molar-refractivity contribution < 1.29 is 14.3 Å². The van der Waals surface area contributed by atoms with Crippen molar-refractivity contribution >= 4 is 11.8 Å². The highest BCUT2D eigenvalue weighted by atomic mass is 16.5. The molecule has 0 radical (unpaired) electrons. The Kier molecular flexibility index (Phi) is 3.61. The Morgan fingerprint density at radius 3 is 2.78 bits per heavy atom. The number of piperazine rings is 1. The zero-order valence-electron chi connectivity index (χ0n) is 11.4. The van der Waals surface area contributed by atoms with Crippen LogP contribution >= 0.6 is 0 Å². The van der Waals surface area contributed by atoms with Crippen LogP contribution in [0.4, 0.5) is 0 Å². The van der Waals surface area contributed by atoms with E-state index in [1.54, 1.807) is 4.90 Å². The Hall–Kier alpha value is -1.10. The molecule has 2 aliphatic heterocycles. The van der Waals surface area contributed by atoms with Gasteiger partial charge in [-0.3, -0.25) is 9.59 Å². The molecule has 2 saturated heterocycles. The van der Waals surface area contributed by atoms with Gasteiger partial charge in [0, 0.05) is 6.61 Å². The number of nitrogens with zero attached hydrogens (tertiary/aromatic N) is 1. The molecule has 0 saturated carbocycles. The summed E-state index contributed by atoms with van der Waals surface area (Å²) in [5, 5.41) is 2.80. The van der Waals surface area contributed by atoms with E-state index in [1.165, 1.54) is 0 Å². The fourth-order valence-electron chi connectivity index (χ4n) is 2.67. The summed E-state index contributed by atoms with van der Waals surface area (Å²) in [6, 6.07) is -0.372. The third-order valence-corrected chi connectivity index (χ3v) is 3.76. The molecular weight excluding hydrogens is 232 g/mol. The van der Waals surface area contributed by atoms with Crippen molar-refractivity contribution in [3.63, 3.8) is 0 Å². The molecule has 0 aliphatic carbocycles. The van der Waals surface area contributed by atoms with Crippen LogP contribution in [-0.4, -0.2) is 48.1 Å². The van der Waals surface area contributed by atoms with Gasteiger partial charge in [0.2, 0.25) is 11.8 Å². The monoisotopic (exact) mass is 254 g/mol. The van der Waals surface area contributed by atoms with Crippen molar-refractivity contribution in [1.82, 2.24) is 10.2 Å². The number of hydrogen-bond acceptors (Lipinski definition) is 3. The van der Waals surface area contributed by atoms with Gasteiger partial charge in [0.25, 0.3) is 0 Å². The van der Waals surface area contributed by atoms with Crippen LogP contribution in [0.3, 0.4) is 0 Å². The Balaban J connectivity index is 2.14. The largest absolute Gasteiger partial charge is 0.379 e. The highest BCUT2D eigenvalue weighted by molar-refractivity contribution is 5.95. The van der Waals surface area contributed by atoms with E-state index in [-0.39, 0.29) is 29.9 Å². The second-order valence-corrected chi connectivity index (χ2v) is 5.97. The molecule has 2 heterocycles. The highest BCUT2D eigenvalue weighted by Gasteiger charge is 2.44. The molecule has 5 heteroatoms. The zero-order valence-corrected chi connectivity index (χ0v) is 11.4. The topological polar surface area (TPSA) is 58.6 Å². The van der Waals surface area contributed by atoms with Crippen molar-refractivity contribution in [2.45, 2.75) is 45.2 Å². The van der Waals surface area contributed by atoms with Gasteiger partial charge in [0.1, 0.15) is 12.6 Å². The van der Waals surface area contributed by atoms with Crippen LogP contribution in [0, 0.1) is 5.92 Å². The number of amides is 2. The number of carbonyl (C=O) groups is 2. The number of hydrogen-bond donors (Lipinski definition) is 1. The summed E-state index contributed by atoms with van der Waals surface area (Å²) in [7, 11) is 0. The standard InChI is InChI=1S/C13H22N2O3/c1-9(2)6-10-12(17)15(7-11(16)14-10)13(3)4-5-18-8-13/h9-10H,4-8H2,1-3H3,(H,14,16). The zero-order chi connectivity index (χ0) is 13.3. The van der Waals surface area contributed by atoms with E-state index in [0.29, 0.717) is 25.6 Å². The van der Waals surface area contributed by atoms with Gasteiger partial charge in [-0.05, 0) is 25.7 Å². The number of rotatable bonds is 3. The number of carbonyl (C=O) groups excluding carboxylic acids is 2. The first-order valence-corrected chi connectivity index (χ1v) is 6.61. The third-order valence-electron chi connectivity index (χ3n) is 3.76. The predicted octanol–water partition coefficient (Wildman–Crippen LogP) is 0.538. The van der Waals surface area contributed by atoms with Gasteiger partial charge in [-0.25, -0.2) is 0 Å². The number of ether oxygens (including phenoxy) is 1. The van der Waals surface area contributed by atoms with Gasteiger partial charge >= 0.3 is 0 Å². The molecule has 0 aromatic heterocycles. The van der Waals surface area contributed by atoms with Gasteiger partial charge in [0.05, 0.1) is 12.1 Å². The van der Waals surface area contributed by atoms with Crippen molar-refractivity contribution in [2.24, 2.45) is 5.92 Å². The maximum atomic E-state index is 12.5. The van der Waals surface area contributed by atoms with E-state index in [2.05, 4.69) is 19.2 Å². The quantitative estimate of drug-likeness (QED) is 0.799. The highest BCUT2D eigenvalue weighted by Crippen LogP contribution is 2.28. The molecule has 2 fully saturated rings. The van der Waals surface area contributed by atoms with E-state index in [1.807, 2.05) is 6.92 Å². The molecule has 2 amide bonds. The Morgan fingerprint density at radius 2 is 2.22 bits per heavy atom. The van der Waals surface area contributed by atoms with E-state index in [0.717, 1.165) is 6.42 Å². The van der Waals surface area contributed by atoms with Gasteiger partial charge < -0.3 is 15.0 Å². The molecule has 0 bridgehead atoms.